The lowest BCUT2D eigenvalue weighted by atomic mass is 10.1. The molecule has 2 aromatic rings. The fourth-order valence-corrected chi connectivity index (χ4v) is 3.27. The highest BCUT2D eigenvalue weighted by Crippen LogP contribution is 2.35. The first kappa shape index (κ1) is 19.2. The number of halogens is 2. The zero-order valence-corrected chi connectivity index (χ0v) is 16.5. The lowest BCUT2D eigenvalue weighted by Crippen LogP contribution is -2.22. The summed E-state index contributed by atoms with van der Waals surface area (Å²) in [7, 11) is 0. The molecule has 140 valence electrons. The molecule has 1 heterocycles. The summed E-state index contributed by atoms with van der Waals surface area (Å²) < 4.78 is 26.0. The van der Waals surface area contributed by atoms with Crippen molar-refractivity contribution in [3.63, 3.8) is 0 Å². The van der Waals surface area contributed by atoms with Gasteiger partial charge in [0.05, 0.1) is 10.2 Å². The highest BCUT2D eigenvalue weighted by atomic mass is 127. The first-order valence-corrected chi connectivity index (χ1v) is 9.22. The zero-order valence-electron chi connectivity index (χ0n) is 14.3. The van der Waals surface area contributed by atoms with E-state index in [4.69, 9.17) is 9.47 Å². The topological polar surface area (TPSA) is 76.7 Å². The molecule has 27 heavy (non-hydrogen) atoms. The fraction of sp³-hybridized carbons (Fsp3) is 0.158. The smallest absolute Gasteiger partial charge is 0.326 e. The number of imide groups is 1. The number of benzene rings is 2. The van der Waals surface area contributed by atoms with Crippen LogP contribution in [0.2, 0.25) is 0 Å². The predicted molar refractivity (Wildman–Crippen MR) is 106 cm³/mol. The van der Waals surface area contributed by atoms with Gasteiger partial charge < -0.3 is 14.8 Å². The molecule has 0 aromatic heterocycles. The van der Waals surface area contributed by atoms with Gasteiger partial charge in [0, 0.05) is 5.56 Å². The minimum Gasteiger partial charge on any atom is -0.490 e. The van der Waals surface area contributed by atoms with Crippen LogP contribution in [0, 0.1) is 9.39 Å². The molecule has 1 aliphatic rings. The van der Waals surface area contributed by atoms with Crippen LogP contribution in [-0.2, 0) is 11.4 Å². The molecule has 2 aromatic carbocycles. The zero-order chi connectivity index (χ0) is 19.4. The maximum absolute atomic E-state index is 13.8. The third-order valence-corrected chi connectivity index (χ3v) is 4.49. The standard InChI is InChI=1S/C19H16FIN2O4/c1-2-26-16-9-11(8-15-18(24)23-19(25)22-15)7-14(21)17(16)27-10-12-5-3-4-6-13(12)20/h3-9H,2,10H2,1H3,(H2,22,23,24,25)/b15-8+. The molecule has 0 bridgehead atoms. The number of carbonyl (C=O) groups excluding carboxylic acids is 2. The minimum absolute atomic E-state index is 0.0572. The minimum atomic E-state index is -0.559. The summed E-state index contributed by atoms with van der Waals surface area (Å²) >= 11 is 2.08. The molecule has 0 atom stereocenters. The largest absolute Gasteiger partial charge is 0.490 e. The summed E-state index contributed by atoms with van der Waals surface area (Å²) in [4.78, 5) is 22.9. The van der Waals surface area contributed by atoms with Crippen molar-refractivity contribution in [3.8, 4) is 11.5 Å². The van der Waals surface area contributed by atoms with Crippen LogP contribution < -0.4 is 20.1 Å². The molecule has 6 nitrogen and oxygen atoms in total. The van der Waals surface area contributed by atoms with Crippen molar-refractivity contribution in [2.45, 2.75) is 13.5 Å². The molecule has 8 heteroatoms. The van der Waals surface area contributed by atoms with Gasteiger partial charge in [0.1, 0.15) is 18.1 Å². The second kappa shape index (κ2) is 8.38. The van der Waals surface area contributed by atoms with E-state index in [2.05, 4.69) is 33.2 Å². The Kier molecular flexibility index (Phi) is 5.94. The fourth-order valence-electron chi connectivity index (χ4n) is 2.49. The van der Waals surface area contributed by atoms with Crippen molar-refractivity contribution in [2.75, 3.05) is 6.61 Å². The highest BCUT2D eigenvalue weighted by Gasteiger charge is 2.23. The Morgan fingerprint density at radius 1 is 1.15 bits per heavy atom. The SMILES string of the molecule is CCOc1cc(/C=C2/NC(=O)NC2=O)cc(I)c1OCc1ccccc1F. The van der Waals surface area contributed by atoms with Crippen LogP contribution >= 0.6 is 22.6 Å². The van der Waals surface area contributed by atoms with E-state index in [1.165, 1.54) is 6.07 Å². The third kappa shape index (κ3) is 4.57. The molecule has 0 unspecified atom stereocenters. The van der Waals surface area contributed by atoms with Crippen LogP contribution in [0.1, 0.15) is 18.1 Å². The molecule has 1 fully saturated rings. The maximum atomic E-state index is 13.8. The summed E-state index contributed by atoms with van der Waals surface area (Å²) in [6.45, 7) is 2.30. The molecular formula is C19H16FIN2O4. The Morgan fingerprint density at radius 3 is 2.59 bits per heavy atom. The first-order valence-electron chi connectivity index (χ1n) is 8.14. The van der Waals surface area contributed by atoms with Gasteiger partial charge in [0.15, 0.2) is 11.5 Å². The van der Waals surface area contributed by atoms with Gasteiger partial charge in [-0.3, -0.25) is 10.1 Å². The number of rotatable bonds is 6. The Labute approximate surface area is 168 Å². The number of hydrogen-bond donors (Lipinski definition) is 2. The molecule has 0 saturated carbocycles. The number of carbonyl (C=O) groups is 2. The van der Waals surface area contributed by atoms with Gasteiger partial charge in [-0.15, -0.1) is 0 Å². The number of urea groups is 1. The van der Waals surface area contributed by atoms with Crippen LogP contribution in [0.15, 0.2) is 42.1 Å². The van der Waals surface area contributed by atoms with Gasteiger partial charge in [-0.25, -0.2) is 9.18 Å². The molecule has 0 aliphatic carbocycles. The summed E-state index contributed by atoms with van der Waals surface area (Å²) in [5.74, 6) is 0.128. The average Bonchev–Trinajstić information content (AvgIpc) is 2.93. The summed E-state index contributed by atoms with van der Waals surface area (Å²) in [5, 5.41) is 4.58. The number of ether oxygens (including phenoxy) is 2. The normalized spacial score (nSPS) is 14.9. The molecule has 3 rings (SSSR count). The number of amides is 3. The van der Waals surface area contributed by atoms with Crippen LogP contribution in [0.25, 0.3) is 6.08 Å². The van der Waals surface area contributed by atoms with Gasteiger partial charge in [-0.1, -0.05) is 18.2 Å². The van der Waals surface area contributed by atoms with Crippen LogP contribution in [0.5, 0.6) is 11.5 Å². The molecule has 1 aliphatic heterocycles. The Hall–Kier alpha value is -2.62. The molecule has 3 amide bonds. The molecule has 0 radical (unpaired) electrons. The van der Waals surface area contributed by atoms with Gasteiger partial charge >= 0.3 is 6.03 Å². The summed E-state index contributed by atoms with van der Waals surface area (Å²) in [5.41, 5.74) is 1.25. The summed E-state index contributed by atoms with van der Waals surface area (Å²) in [6.07, 6.45) is 1.55. The predicted octanol–water partition coefficient (Wildman–Crippen LogP) is 3.59. The molecular weight excluding hydrogens is 466 g/mol. The Balaban J connectivity index is 1.88. The van der Waals surface area contributed by atoms with Crippen LogP contribution in [0.4, 0.5) is 9.18 Å². The molecule has 2 N–H and O–H groups in total. The van der Waals surface area contributed by atoms with Gasteiger partial charge in [-0.2, -0.15) is 0 Å². The molecule has 1 saturated heterocycles. The molecule has 0 spiro atoms. The highest BCUT2D eigenvalue weighted by molar-refractivity contribution is 14.1. The van der Waals surface area contributed by atoms with E-state index in [0.717, 1.165) is 3.57 Å². The van der Waals surface area contributed by atoms with E-state index in [1.807, 2.05) is 6.92 Å². The van der Waals surface area contributed by atoms with Crippen molar-refractivity contribution in [3.05, 3.63) is 62.6 Å². The van der Waals surface area contributed by atoms with E-state index >= 15 is 0 Å². The second-order valence-electron chi connectivity index (χ2n) is 5.61. The van der Waals surface area contributed by atoms with Crippen molar-refractivity contribution in [1.82, 2.24) is 10.6 Å². The second-order valence-corrected chi connectivity index (χ2v) is 6.77. The van der Waals surface area contributed by atoms with Crippen molar-refractivity contribution >= 4 is 40.6 Å². The van der Waals surface area contributed by atoms with Crippen LogP contribution in [-0.4, -0.2) is 18.5 Å². The number of hydrogen-bond acceptors (Lipinski definition) is 4. The van der Waals surface area contributed by atoms with Crippen molar-refractivity contribution in [2.24, 2.45) is 0 Å². The van der Waals surface area contributed by atoms with Crippen molar-refractivity contribution < 1.29 is 23.5 Å². The summed E-state index contributed by atoms with van der Waals surface area (Å²) in [6, 6.07) is 9.32. The van der Waals surface area contributed by atoms with Gasteiger partial charge in [0.25, 0.3) is 5.91 Å². The Bertz CT molecular complexity index is 930. The van der Waals surface area contributed by atoms with E-state index in [1.54, 1.807) is 36.4 Å². The number of nitrogens with one attached hydrogen (secondary N) is 2. The van der Waals surface area contributed by atoms with E-state index in [0.29, 0.717) is 29.2 Å². The third-order valence-electron chi connectivity index (χ3n) is 3.69. The van der Waals surface area contributed by atoms with E-state index < -0.39 is 11.9 Å². The Morgan fingerprint density at radius 2 is 1.93 bits per heavy atom. The van der Waals surface area contributed by atoms with Crippen LogP contribution in [0.3, 0.4) is 0 Å². The lowest BCUT2D eigenvalue weighted by molar-refractivity contribution is -0.115. The monoisotopic (exact) mass is 482 g/mol. The maximum Gasteiger partial charge on any atom is 0.326 e. The van der Waals surface area contributed by atoms with Gasteiger partial charge in [-0.05, 0) is 59.4 Å². The lowest BCUT2D eigenvalue weighted by Gasteiger charge is -2.15. The average molecular weight is 482 g/mol. The van der Waals surface area contributed by atoms with Gasteiger partial charge in [0.2, 0.25) is 0 Å². The first-order chi connectivity index (χ1) is 13.0. The van der Waals surface area contributed by atoms with Crippen molar-refractivity contribution in [1.29, 1.82) is 0 Å². The van der Waals surface area contributed by atoms with E-state index in [9.17, 15) is 14.0 Å². The van der Waals surface area contributed by atoms with E-state index in [-0.39, 0.29) is 18.1 Å². The quantitative estimate of drug-likeness (QED) is 0.375.